The highest BCUT2D eigenvalue weighted by Crippen LogP contribution is 2.26. The van der Waals surface area contributed by atoms with Crippen LogP contribution in [0.4, 0.5) is 5.69 Å². The number of methoxy groups -OCH3 is 1. The molecule has 0 saturated carbocycles. The summed E-state index contributed by atoms with van der Waals surface area (Å²) in [4.78, 5) is 13.1. The number of nitrogens with one attached hydrogen (secondary N) is 1. The van der Waals surface area contributed by atoms with E-state index < -0.39 is 0 Å². The number of hydrogen-bond acceptors (Lipinski definition) is 3. The van der Waals surface area contributed by atoms with Crippen LogP contribution in [-0.4, -0.2) is 26.2 Å². The largest absolute Gasteiger partial charge is 0.491 e. The Bertz CT molecular complexity index is 793. The Balaban J connectivity index is 1.75. The van der Waals surface area contributed by atoms with Crippen molar-refractivity contribution in [1.29, 1.82) is 0 Å². The van der Waals surface area contributed by atoms with E-state index in [-0.39, 0.29) is 11.8 Å². The first-order chi connectivity index (χ1) is 13.3. The lowest BCUT2D eigenvalue weighted by molar-refractivity contribution is -0.116. The molecule has 0 unspecified atom stereocenters. The minimum Gasteiger partial charge on any atom is -0.491 e. The van der Waals surface area contributed by atoms with Crippen molar-refractivity contribution in [2.45, 2.75) is 5.92 Å². The molecule has 3 aromatic carbocycles. The molecular formula is C23H23NO3. The van der Waals surface area contributed by atoms with Crippen molar-refractivity contribution in [3.8, 4) is 5.75 Å². The summed E-state index contributed by atoms with van der Waals surface area (Å²) >= 11 is 0. The number of anilines is 1. The minimum atomic E-state index is -0.370. The molecule has 0 saturated heterocycles. The fourth-order valence-electron chi connectivity index (χ4n) is 2.88. The quantitative estimate of drug-likeness (QED) is 0.602. The molecule has 4 heteroatoms. The third kappa shape index (κ3) is 5.19. The molecule has 0 bridgehead atoms. The van der Waals surface area contributed by atoms with Crippen LogP contribution in [0.15, 0.2) is 84.9 Å². The molecule has 0 radical (unpaired) electrons. The van der Waals surface area contributed by atoms with E-state index in [1.54, 1.807) is 7.11 Å². The van der Waals surface area contributed by atoms with E-state index in [1.807, 2.05) is 84.9 Å². The summed E-state index contributed by atoms with van der Waals surface area (Å²) in [5, 5.41) is 3.01. The molecule has 27 heavy (non-hydrogen) atoms. The number of amides is 1. The average molecular weight is 361 g/mol. The highest BCUT2D eigenvalue weighted by Gasteiger charge is 2.22. The lowest BCUT2D eigenvalue weighted by Gasteiger charge is -2.18. The lowest BCUT2D eigenvalue weighted by atomic mass is 9.90. The van der Waals surface area contributed by atoms with Crippen LogP contribution in [0.5, 0.6) is 5.75 Å². The van der Waals surface area contributed by atoms with Gasteiger partial charge in [-0.05, 0) is 35.4 Å². The van der Waals surface area contributed by atoms with Gasteiger partial charge < -0.3 is 14.8 Å². The normalized spacial score (nSPS) is 10.6. The van der Waals surface area contributed by atoms with Crippen LogP contribution in [-0.2, 0) is 9.53 Å². The van der Waals surface area contributed by atoms with E-state index in [9.17, 15) is 4.79 Å². The maximum Gasteiger partial charge on any atom is 0.236 e. The fraction of sp³-hybridized carbons (Fsp3) is 0.174. The first-order valence-electron chi connectivity index (χ1n) is 8.90. The van der Waals surface area contributed by atoms with Crippen molar-refractivity contribution in [3.63, 3.8) is 0 Å². The van der Waals surface area contributed by atoms with Gasteiger partial charge in [-0.2, -0.15) is 0 Å². The summed E-state index contributed by atoms with van der Waals surface area (Å²) in [6.45, 7) is 1.03. The summed E-state index contributed by atoms with van der Waals surface area (Å²) in [5.41, 5.74) is 2.65. The summed E-state index contributed by atoms with van der Waals surface area (Å²) in [5.74, 6) is 0.304. The van der Waals surface area contributed by atoms with E-state index >= 15 is 0 Å². The molecule has 1 amide bonds. The van der Waals surface area contributed by atoms with Gasteiger partial charge >= 0.3 is 0 Å². The maximum absolute atomic E-state index is 13.1. The highest BCUT2D eigenvalue weighted by molar-refractivity contribution is 5.98. The molecule has 0 atom stereocenters. The van der Waals surface area contributed by atoms with Crippen molar-refractivity contribution in [3.05, 3.63) is 96.1 Å². The van der Waals surface area contributed by atoms with Crippen molar-refractivity contribution in [2.75, 3.05) is 25.6 Å². The van der Waals surface area contributed by atoms with Crippen LogP contribution < -0.4 is 10.1 Å². The topological polar surface area (TPSA) is 47.6 Å². The van der Waals surface area contributed by atoms with Crippen LogP contribution in [0.2, 0.25) is 0 Å². The first kappa shape index (κ1) is 18.7. The molecule has 3 rings (SSSR count). The second-order valence-electron chi connectivity index (χ2n) is 6.11. The molecule has 0 aliphatic rings. The zero-order chi connectivity index (χ0) is 18.9. The maximum atomic E-state index is 13.1. The number of benzene rings is 3. The standard InChI is InChI=1S/C23H23NO3/c1-26-16-17-27-21-14-12-20(13-15-21)24-23(25)22(18-8-4-2-5-9-18)19-10-6-3-7-11-19/h2-15,22H,16-17H2,1H3,(H,24,25). The minimum absolute atomic E-state index is 0.0690. The van der Waals surface area contributed by atoms with Gasteiger partial charge in [0, 0.05) is 12.8 Å². The monoisotopic (exact) mass is 361 g/mol. The molecule has 0 aliphatic carbocycles. The fourth-order valence-corrected chi connectivity index (χ4v) is 2.88. The summed E-state index contributed by atoms with van der Waals surface area (Å²) in [6.07, 6.45) is 0. The Morgan fingerprint density at radius 3 is 1.89 bits per heavy atom. The third-order valence-corrected chi connectivity index (χ3v) is 4.21. The zero-order valence-electron chi connectivity index (χ0n) is 15.3. The van der Waals surface area contributed by atoms with Crippen LogP contribution in [0.3, 0.4) is 0 Å². The van der Waals surface area contributed by atoms with Gasteiger partial charge in [-0.3, -0.25) is 4.79 Å². The molecule has 4 nitrogen and oxygen atoms in total. The van der Waals surface area contributed by atoms with Gasteiger partial charge in [-0.25, -0.2) is 0 Å². The van der Waals surface area contributed by atoms with Crippen molar-refractivity contribution >= 4 is 11.6 Å². The van der Waals surface area contributed by atoms with Gasteiger partial charge in [0.15, 0.2) is 0 Å². The summed E-state index contributed by atoms with van der Waals surface area (Å²) in [6, 6.07) is 27.0. The first-order valence-corrected chi connectivity index (χ1v) is 8.90. The molecule has 0 aliphatic heterocycles. The van der Waals surface area contributed by atoms with Crippen molar-refractivity contribution in [1.82, 2.24) is 0 Å². The molecule has 0 aromatic heterocycles. The second-order valence-corrected chi connectivity index (χ2v) is 6.11. The van der Waals surface area contributed by atoms with E-state index in [4.69, 9.17) is 9.47 Å². The Morgan fingerprint density at radius 2 is 1.37 bits per heavy atom. The average Bonchev–Trinajstić information content (AvgIpc) is 2.71. The van der Waals surface area contributed by atoms with Gasteiger partial charge in [-0.1, -0.05) is 60.7 Å². The molecule has 1 N–H and O–H groups in total. The van der Waals surface area contributed by atoms with Gasteiger partial charge in [0.2, 0.25) is 5.91 Å². The van der Waals surface area contributed by atoms with Gasteiger partial charge in [0.25, 0.3) is 0 Å². The summed E-state index contributed by atoms with van der Waals surface area (Å²) < 4.78 is 10.5. The van der Waals surface area contributed by atoms with Crippen LogP contribution >= 0.6 is 0 Å². The van der Waals surface area contributed by atoms with Gasteiger partial charge in [0.1, 0.15) is 12.4 Å². The van der Waals surface area contributed by atoms with E-state index in [2.05, 4.69) is 5.32 Å². The zero-order valence-corrected chi connectivity index (χ0v) is 15.3. The number of ether oxygens (including phenoxy) is 2. The molecule has 3 aromatic rings. The molecule has 0 spiro atoms. The van der Waals surface area contributed by atoms with Crippen LogP contribution in [0, 0.1) is 0 Å². The predicted molar refractivity (Wildman–Crippen MR) is 107 cm³/mol. The number of carbonyl (C=O) groups excluding carboxylic acids is 1. The highest BCUT2D eigenvalue weighted by atomic mass is 16.5. The Kier molecular flexibility index (Phi) is 6.61. The van der Waals surface area contributed by atoms with E-state index in [0.717, 1.165) is 22.6 Å². The smallest absolute Gasteiger partial charge is 0.236 e. The molecule has 0 fully saturated rings. The molecule has 138 valence electrons. The SMILES string of the molecule is COCCOc1ccc(NC(=O)C(c2ccccc2)c2ccccc2)cc1. The third-order valence-electron chi connectivity index (χ3n) is 4.21. The second kappa shape index (κ2) is 9.55. The van der Waals surface area contributed by atoms with Crippen LogP contribution in [0.25, 0.3) is 0 Å². The number of carbonyl (C=O) groups is 1. The number of hydrogen-bond donors (Lipinski definition) is 1. The van der Waals surface area contributed by atoms with E-state index in [1.165, 1.54) is 0 Å². The Hall–Kier alpha value is -3.11. The Morgan fingerprint density at radius 1 is 0.815 bits per heavy atom. The lowest BCUT2D eigenvalue weighted by Crippen LogP contribution is -2.22. The molecule has 0 heterocycles. The number of rotatable bonds is 8. The van der Waals surface area contributed by atoms with Crippen LogP contribution in [0.1, 0.15) is 17.0 Å². The van der Waals surface area contributed by atoms with Gasteiger partial charge in [0.05, 0.1) is 12.5 Å². The molecular weight excluding hydrogens is 338 g/mol. The van der Waals surface area contributed by atoms with Crippen molar-refractivity contribution < 1.29 is 14.3 Å². The van der Waals surface area contributed by atoms with E-state index in [0.29, 0.717) is 13.2 Å². The summed E-state index contributed by atoms with van der Waals surface area (Å²) in [7, 11) is 1.64. The van der Waals surface area contributed by atoms with Crippen molar-refractivity contribution in [2.24, 2.45) is 0 Å². The van der Waals surface area contributed by atoms with Gasteiger partial charge in [-0.15, -0.1) is 0 Å². The Labute approximate surface area is 159 Å². The predicted octanol–water partition coefficient (Wildman–Crippen LogP) is 4.48.